The van der Waals surface area contributed by atoms with Gasteiger partial charge in [0.15, 0.2) is 0 Å². The highest BCUT2D eigenvalue weighted by Crippen LogP contribution is 2.27. The van der Waals surface area contributed by atoms with Crippen molar-refractivity contribution in [3.8, 4) is 0 Å². The highest BCUT2D eigenvalue weighted by atomic mass is 32.2. The fraction of sp³-hybridized carbons (Fsp3) is 0.562. The van der Waals surface area contributed by atoms with Crippen LogP contribution in [0.4, 0.5) is 11.4 Å². The molecule has 136 valence electrons. The Balaban J connectivity index is 3.23. The summed E-state index contributed by atoms with van der Waals surface area (Å²) in [6.07, 6.45) is 1.09. The Morgan fingerprint density at radius 2 is 1.83 bits per heavy atom. The average Bonchev–Trinajstić information content (AvgIpc) is 2.54. The van der Waals surface area contributed by atoms with E-state index in [0.717, 1.165) is 13.0 Å². The van der Waals surface area contributed by atoms with Crippen LogP contribution in [0.15, 0.2) is 23.1 Å². The van der Waals surface area contributed by atoms with E-state index >= 15 is 0 Å². The molecule has 0 aliphatic rings. The lowest BCUT2D eigenvalue weighted by Crippen LogP contribution is -2.30. The van der Waals surface area contributed by atoms with Crippen LogP contribution in [0.25, 0.3) is 0 Å². The van der Waals surface area contributed by atoms with Crippen molar-refractivity contribution in [1.29, 1.82) is 0 Å². The lowest BCUT2D eigenvalue weighted by Gasteiger charge is -2.20. The molecular formula is C16H28N4O3S. The Bertz CT molecular complexity index is 643. The molecule has 24 heavy (non-hydrogen) atoms. The summed E-state index contributed by atoms with van der Waals surface area (Å²) in [6.45, 7) is 7.36. The lowest BCUT2D eigenvalue weighted by molar-refractivity contribution is -0.116. The van der Waals surface area contributed by atoms with Crippen LogP contribution >= 0.6 is 0 Å². The summed E-state index contributed by atoms with van der Waals surface area (Å²) < 4.78 is 26.7. The topological polar surface area (TPSA) is 105 Å². The number of anilines is 2. The standard InChI is InChI=1S/C16H28N4O3S/c1-4-11-18-14-8-7-13(24(22,23)20(5-2)6-3)12-15(14)19-16(21)9-10-17/h7-8,12,18H,4-6,9-11,17H2,1-3H3,(H,19,21). The molecule has 0 saturated carbocycles. The number of sulfonamides is 1. The van der Waals surface area contributed by atoms with Gasteiger partial charge in [0, 0.05) is 32.6 Å². The minimum atomic E-state index is -3.58. The van der Waals surface area contributed by atoms with Gasteiger partial charge in [-0.1, -0.05) is 20.8 Å². The fourth-order valence-electron chi connectivity index (χ4n) is 2.26. The Labute approximate surface area is 144 Å². The molecule has 1 aromatic rings. The first-order chi connectivity index (χ1) is 11.4. The van der Waals surface area contributed by atoms with Crippen molar-refractivity contribution >= 4 is 27.3 Å². The Hall–Kier alpha value is -1.64. The van der Waals surface area contributed by atoms with Gasteiger partial charge in [-0.25, -0.2) is 8.42 Å². The second-order valence-corrected chi connectivity index (χ2v) is 7.25. The van der Waals surface area contributed by atoms with E-state index in [4.69, 9.17) is 5.73 Å². The fourth-order valence-corrected chi connectivity index (χ4v) is 3.74. The van der Waals surface area contributed by atoms with Crippen molar-refractivity contribution in [2.45, 2.75) is 38.5 Å². The maximum absolute atomic E-state index is 12.7. The molecule has 7 nitrogen and oxygen atoms in total. The van der Waals surface area contributed by atoms with E-state index in [0.29, 0.717) is 24.5 Å². The summed E-state index contributed by atoms with van der Waals surface area (Å²) in [5.74, 6) is -0.241. The Kier molecular flexibility index (Phi) is 8.17. The zero-order chi connectivity index (χ0) is 18.2. The summed E-state index contributed by atoms with van der Waals surface area (Å²) in [6, 6.07) is 4.74. The van der Waals surface area contributed by atoms with E-state index < -0.39 is 10.0 Å². The van der Waals surface area contributed by atoms with Gasteiger partial charge < -0.3 is 16.4 Å². The molecule has 0 fully saturated rings. The predicted octanol–water partition coefficient (Wildman–Crippen LogP) is 1.83. The van der Waals surface area contributed by atoms with Crippen LogP contribution in [0.3, 0.4) is 0 Å². The number of benzene rings is 1. The molecule has 1 rings (SSSR count). The molecule has 8 heteroatoms. The minimum absolute atomic E-state index is 0.163. The maximum atomic E-state index is 12.7. The minimum Gasteiger partial charge on any atom is -0.383 e. The van der Waals surface area contributed by atoms with Crippen molar-refractivity contribution in [1.82, 2.24) is 4.31 Å². The van der Waals surface area contributed by atoms with Crippen LogP contribution in [-0.2, 0) is 14.8 Å². The molecule has 0 atom stereocenters. The van der Waals surface area contributed by atoms with E-state index in [2.05, 4.69) is 10.6 Å². The van der Waals surface area contributed by atoms with Crippen LogP contribution in [0.1, 0.15) is 33.6 Å². The highest BCUT2D eigenvalue weighted by Gasteiger charge is 2.23. The van der Waals surface area contributed by atoms with Gasteiger partial charge in [-0.15, -0.1) is 0 Å². The normalized spacial score (nSPS) is 11.5. The van der Waals surface area contributed by atoms with E-state index in [1.54, 1.807) is 26.0 Å². The highest BCUT2D eigenvalue weighted by molar-refractivity contribution is 7.89. The van der Waals surface area contributed by atoms with Crippen molar-refractivity contribution in [2.24, 2.45) is 5.73 Å². The summed E-state index contributed by atoms with van der Waals surface area (Å²) in [5.41, 5.74) is 6.55. The number of rotatable bonds is 10. The largest absolute Gasteiger partial charge is 0.383 e. The molecule has 0 aliphatic carbocycles. The third kappa shape index (κ3) is 5.19. The third-order valence-corrected chi connectivity index (χ3v) is 5.59. The van der Waals surface area contributed by atoms with Crippen LogP contribution in [0, 0.1) is 0 Å². The Morgan fingerprint density at radius 3 is 2.38 bits per heavy atom. The summed E-state index contributed by atoms with van der Waals surface area (Å²) in [5, 5.41) is 5.94. The van der Waals surface area contributed by atoms with Crippen LogP contribution in [-0.4, -0.2) is 44.8 Å². The Morgan fingerprint density at radius 1 is 1.17 bits per heavy atom. The number of amides is 1. The van der Waals surface area contributed by atoms with Gasteiger partial charge in [0.25, 0.3) is 0 Å². The number of hydrogen-bond acceptors (Lipinski definition) is 5. The average molecular weight is 356 g/mol. The van der Waals surface area contributed by atoms with Crippen LogP contribution in [0.5, 0.6) is 0 Å². The molecule has 0 unspecified atom stereocenters. The lowest BCUT2D eigenvalue weighted by atomic mass is 10.2. The van der Waals surface area contributed by atoms with Crippen LogP contribution < -0.4 is 16.4 Å². The number of carbonyl (C=O) groups is 1. The molecule has 1 aromatic carbocycles. The quantitative estimate of drug-likeness (QED) is 0.593. The van der Waals surface area contributed by atoms with Gasteiger partial charge in [0.2, 0.25) is 15.9 Å². The molecule has 0 aliphatic heterocycles. The molecule has 0 heterocycles. The number of carbonyl (C=O) groups excluding carboxylic acids is 1. The summed E-state index contributed by atoms with van der Waals surface area (Å²) >= 11 is 0. The number of nitrogens with zero attached hydrogens (tertiary/aromatic N) is 1. The summed E-state index contributed by atoms with van der Waals surface area (Å²) in [4.78, 5) is 12.0. The third-order valence-electron chi connectivity index (χ3n) is 3.55. The number of hydrogen-bond donors (Lipinski definition) is 3. The summed E-state index contributed by atoms with van der Waals surface area (Å²) in [7, 11) is -3.58. The van der Waals surface area contributed by atoms with Crippen molar-refractivity contribution in [3.63, 3.8) is 0 Å². The van der Waals surface area contributed by atoms with E-state index in [9.17, 15) is 13.2 Å². The van der Waals surface area contributed by atoms with Crippen molar-refractivity contribution in [2.75, 3.05) is 36.8 Å². The first-order valence-corrected chi connectivity index (χ1v) is 9.72. The van der Waals surface area contributed by atoms with Crippen LogP contribution in [0.2, 0.25) is 0 Å². The first-order valence-electron chi connectivity index (χ1n) is 8.28. The second-order valence-electron chi connectivity index (χ2n) is 5.31. The molecule has 4 N–H and O–H groups in total. The van der Waals surface area contributed by atoms with Gasteiger partial charge >= 0.3 is 0 Å². The first kappa shape index (κ1) is 20.4. The van der Waals surface area contributed by atoms with E-state index in [1.165, 1.54) is 10.4 Å². The zero-order valence-corrected chi connectivity index (χ0v) is 15.4. The van der Waals surface area contributed by atoms with Gasteiger partial charge in [-0.2, -0.15) is 4.31 Å². The molecule has 1 amide bonds. The van der Waals surface area contributed by atoms with Gasteiger partial charge in [0.1, 0.15) is 0 Å². The molecule has 0 saturated heterocycles. The van der Waals surface area contributed by atoms with Crippen molar-refractivity contribution < 1.29 is 13.2 Å². The van der Waals surface area contributed by atoms with Gasteiger partial charge in [-0.3, -0.25) is 4.79 Å². The predicted molar refractivity (Wildman–Crippen MR) is 97.6 cm³/mol. The molecule has 0 radical (unpaired) electrons. The zero-order valence-electron chi connectivity index (χ0n) is 14.6. The van der Waals surface area contributed by atoms with E-state index in [-0.39, 0.29) is 23.8 Å². The smallest absolute Gasteiger partial charge is 0.243 e. The molecular weight excluding hydrogens is 328 g/mol. The second kappa shape index (κ2) is 9.61. The molecule has 0 aromatic heterocycles. The molecule has 0 spiro atoms. The van der Waals surface area contributed by atoms with E-state index in [1.807, 2.05) is 6.92 Å². The molecule has 0 bridgehead atoms. The monoisotopic (exact) mass is 356 g/mol. The van der Waals surface area contributed by atoms with Crippen molar-refractivity contribution in [3.05, 3.63) is 18.2 Å². The number of nitrogens with two attached hydrogens (primary N) is 1. The van der Waals surface area contributed by atoms with Gasteiger partial charge in [-0.05, 0) is 24.6 Å². The number of nitrogens with one attached hydrogen (secondary N) is 2. The van der Waals surface area contributed by atoms with Gasteiger partial charge in [0.05, 0.1) is 16.3 Å². The SMILES string of the molecule is CCCNc1ccc(S(=O)(=O)N(CC)CC)cc1NC(=O)CCN. The maximum Gasteiger partial charge on any atom is 0.243 e.